The molecule has 1 aromatic carbocycles. The summed E-state index contributed by atoms with van der Waals surface area (Å²) in [5.41, 5.74) is 5.39. The Hall–Kier alpha value is -2.10. The summed E-state index contributed by atoms with van der Waals surface area (Å²) < 4.78 is 6.99. The van der Waals surface area contributed by atoms with Crippen molar-refractivity contribution >= 4 is 5.97 Å². The van der Waals surface area contributed by atoms with Crippen LogP contribution in [0.4, 0.5) is 0 Å². The number of esters is 1. The molecule has 0 aliphatic rings. The second kappa shape index (κ2) is 6.57. The van der Waals surface area contributed by atoms with Gasteiger partial charge in [0.15, 0.2) is 0 Å². The fraction of sp³-hybridized carbons (Fsp3) is 0.412. The van der Waals surface area contributed by atoms with Gasteiger partial charge in [-0.3, -0.25) is 9.48 Å². The van der Waals surface area contributed by atoms with Gasteiger partial charge in [-0.25, -0.2) is 0 Å². The maximum Gasteiger partial charge on any atom is 0.310 e. The van der Waals surface area contributed by atoms with Crippen molar-refractivity contribution in [2.24, 2.45) is 0 Å². The van der Waals surface area contributed by atoms with Crippen molar-refractivity contribution in [2.45, 2.75) is 40.7 Å². The Bertz CT molecular complexity index is 644. The largest absolute Gasteiger partial charge is 0.466 e. The van der Waals surface area contributed by atoms with E-state index in [2.05, 4.69) is 24.2 Å². The molecule has 0 amide bonds. The van der Waals surface area contributed by atoms with Crippen molar-refractivity contribution in [2.75, 3.05) is 6.61 Å². The van der Waals surface area contributed by atoms with Gasteiger partial charge in [0.1, 0.15) is 0 Å². The van der Waals surface area contributed by atoms with Crippen LogP contribution in [-0.4, -0.2) is 22.4 Å². The summed E-state index contributed by atoms with van der Waals surface area (Å²) >= 11 is 0. The number of aromatic nitrogens is 2. The van der Waals surface area contributed by atoms with Gasteiger partial charge in [-0.2, -0.15) is 5.10 Å². The lowest BCUT2D eigenvalue weighted by Crippen LogP contribution is -2.09. The number of nitrogens with zero attached hydrogens (tertiary/aromatic N) is 2. The zero-order valence-corrected chi connectivity index (χ0v) is 13.1. The highest BCUT2D eigenvalue weighted by molar-refractivity contribution is 5.73. The molecule has 1 heterocycles. The van der Waals surface area contributed by atoms with Crippen molar-refractivity contribution in [3.63, 3.8) is 0 Å². The van der Waals surface area contributed by atoms with Crippen LogP contribution in [0.2, 0.25) is 0 Å². The number of ether oxygens (including phenoxy) is 1. The number of hydrogen-bond acceptors (Lipinski definition) is 3. The van der Waals surface area contributed by atoms with Gasteiger partial charge in [-0.05, 0) is 38.8 Å². The zero-order chi connectivity index (χ0) is 15.4. The van der Waals surface area contributed by atoms with Gasteiger partial charge in [-0.15, -0.1) is 0 Å². The molecule has 0 unspecified atom stereocenters. The van der Waals surface area contributed by atoms with Crippen molar-refractivity contribution in [1.82, 2.24) is 9.78 Å². The van der Waals surface area contributed by atoms with Crippen LogP contribution in [0, 0.1) is 20.8 Å². The van der Waals surface area contributed by atoms with Gasteiger partial charge in [-0.1, -0.05) is 24.3 Å². The Morgan fingerprint density at radius 1 is 1.24 bits per heavy atom. The molecule has 0 N–H and O–H groups in total. The van der Waals surface area contributed by atoms with E-state index in [9.17, 15) is 4.79 Å². The Morgan fingerprint density at radius 2 is 1.95 bits per heavy atom. The van der Waals surface area contributed by atoms with Gasteiger partial charge >= 0.3 is 5.97 Å². The number of aryl methyl sites for hydroxylation is 2. The van der Waals surface area contributed by atoms with Crippen LogP contribution in [0.5, 0.6) is 0 Å². The molecule has 0 fully saturated rings. The molecular weight excluding hydrogens is 264 g/mol. The maximum atomic E-state index is 11.7. The van der Waals surface area contributed by atoms with E-state index in [1.165, 1.54) is 11.1 Å². The van der Waals surface area contributed by atoms with E-state index in [1.807, 2.05) is 37.6 Å². The van der Waals surface area contributed by atoms with Crippen molar-refractivity contribution in [1.29, 1.82) is 0 Å². The molecule has 2 aromatic rings. The highest BCUT2D eigenvalue weighted by Crippen LogP contribution is 2.17. The first-order chi connectivity index (χ1) is 10.0. The van der Waals surface area contributed by atoms with Gasteiger partial charge in [0.25, 0.3) is 0 Å². The van der Waals surface area contributed by atoms with Gasteiger partial charge in [0, 0.05) is 11.3 Å². The summed E-state index contributed by atoms with van der Waals surface area (Å²) in [4.78, 5) is 11.7. The first-order valence-electron chi connectivity index (χ1n) is 7.26. The van der Waals surface area contributed by atoms with Gasteiger partial charge in [0.05, 0.1) is 25.3 Å². The smallest absolute Gasteiger partial charge is 0.310 e. The standard InChI is InChI=1S/C17H22N2O2/c1-5-21-17(20)10-16-13(3)18-19(14(16)4)11-15-9-7-6-8-12(15)2/h6-9H,5,10-11H2,1-4H3. The molecule has 1 aromatic heterocycles. The van der Waals surface area contributed by atoms with Gasteiger partial charge < -0.3 is 4.74 Å². The molecule has 2 rings (SSSR count). The van der Waals surface area contributed by atoms with Crippen LogP contribution < -0.4 is 0 Å². The molecule has 0 saturated carbocycles. The fourth-order valence-electron chi connectivity index (χ4n) is 2.45. The third kappa shape index (κ3) is 3.51. The molecule has 0 aliphatic heterocycles. The van der Waals surface area contributed by atoms with Gasteiger partial charge in [0.2, 0.25) is 0 Å². The number of benzene rings is 1. The lowest BCUT2D eigenvalue weighted by Gasteiger charge is -2.08. The van der Waals surface area contributed by atoms with Crippen molar-refractivity contribution in [3.8, 4) is 0 Å². The third-order valence-electron chi connectivity index (χ3n) is 3.74. The molecule has 0 radical (unpaired) electrons. The van der Waals surface area contributed by atoms with Crippen LogP contribution in [0.15, 0.2) is 24.3 Å². The molecular formula is C17H22N2O2. The van der Waals surface area contributed by atoms with Crippen LogP contribution in [0.1, 0.15) is 35.0 Å². The molecule has 4 heteroatoms. The lowest BCUT2D eigenvalue weighted by atomic mass is 10.1. The van der Waals surface area contributed by atoms with E-state index >= 15 is 0 Å². The lowest BCUT2D eigenvalue weighted by molar-refractivity contribution is -0.142. The molecule has 21 heavy (non-hydrogen) atoms. The monoisotopic (exact) mass is 286 g/mol. The fourth-order valence-corrected chi connectivity index (χ4v) is 2.45. The van der Waals surface area contributed by atoms with Crippen LogP contribution in [0.25, 0.3) is 0 Å². The summed E-state index contributed by atoms with van der Waals surface area (Å²) in [7, 11) is 0. The average Bonchev–Trinajstić information content (AvgIpc) is 2.69. The maximum absolute atomic E-state index is 11.7. The SMILES string of the molecule is CCOC(=O)Cc1c(C)nn(Cc2ccccc2C)c1C. The Kier molecular flexibility index (Phi) is 4.78. The summed E-state index contributed by atoms with van der Waals surface area (Å²) in [5.74, 6) is -0.195. The summed E-state index contributed by atoms with van der Waals surface area (Å²) in [6.07, 6.45) is 0.291. The highest BCUT2D eigenvalue weighted by Gasteiger charge is 2.16. The van der Waals surface area contributed by atoms with Crippen LogP contribution in [0.3, 0.4) is 0 Å². The van der Waals surface area contributed by atoms with Crippen molar-refractivity contribution < 1.29 is 9.53 Å². The van der Waals surface area contributed by atoms with Crippen LogP contribution in [-0.2, 0) is 22.5 Å². The molecule has 112 valence electrons. The van der Waals surface area contributed by atoms with Crippen molar-refractivity contribution in [3.05, 3.63) is 52.3 Å². The van der Waals surface area contributed by atoms with E-state index in [0.717, 1.165) is 23.5 Å². The number of carbonyl (C=O) groups excluding carboxylic acids is 1. The normalized spacial score (nSPS) is 10.7. The minimum Gasteiger partial charge on any atom is -0.466 e. The summed E-state index contributed by atoms with van der Waals surface area (Å²) in [6, 6.07) is 8.27. The number of carbonyl (C=O) groups is 1. The van der Waals surface area contributed by atoms with E-state index in [0.29, 0.717) is 13.0 Å². The molecule has 4 nitrogen and oxygen atoms in total. The first kappa shape index (κ1) is 15.3. The second-order valence-electron chi connectivity index (χ2n) is 5.22. The van der Waals surface area contributed by atoms with E-state index in [-0.39, 0.29) is 5.97 Å². The first-order valence-corrected chi connectivity index (χ1v) is 7.26. The molecule has 0 saturated heterocycles. The summed E-state index contributed by atoms with van der Waals surface area (Å²) in [6.45, 7) is 9.00. The van der Waals surface area contributed by atoms with E-state index in [4.69, 9.17) is 4.74 Å². The predicted octanol–water partition coefficient (Wildman–Crippen LogP) is 2.96. The van der Waals surface area contributed by atoms with E-state index in [1.54, 1.807) is 0 Å². The summed E-state index contributed by atoms with van der Waals surface area (Å²) in [5, 5.41) is 4.57. The molecule has 0 spiro atoms. The Labute approximate surface area is 125 Å². The quantitative estimate of drug-likeness (QED) is 0.794. The average molecular weight is 286 g/mol. The van der Waals surface area contributed by atoms with Crippen LogP contribution >= 0.6 is 0 Å². The highest BCUT2D eigenvalue weighted by atomic mass is 16.5. The number of rotatable bonds is 5. The predicted molar refractivity (Wildman–Crippen MR) is 82.3 cm³/mol. The molecule has 0 atom stereocenters. The Balaban J connectivity index is 2.23. The second-order valence-corrected chi connectivity index (χ2v) is 5.22. The van der Waals surface area contributed by atoms with E-state index < -0.39 is 0 Å². The minimum absolute atomic E-state index is 0.195. The topological polar surface area (TPSA) is 44.1 Å². The molecule has 0 aliphatic carbocycles. The molecule has 0 bridgehead atoms. The minimum atomic E-state index is -0.195. The zero-order valence-electron chi connectivity index (χ0n) is 13.1. The number of hydrogen-bond donors (Lipinski definition) is 0. The Morgan fingerprint density at radius 3 is 2.62 bits per heavy atom. The third-order valence-corrected chi connectivity index (χ3v) is 3.74.